The topological polar surface area (TPSA) is 71.0 Å². The Morgan fingerprint density at radius 1 is 1.07 bits per heavy atom. The maximum Gasteiger partial charge on any atom is 0.162 e. The van der Waals surface area contributed by atoms with E-state index in [0.717, 1.165) is 12.0 Å². The lowest BCUT2D eigenvalue weighted by Gasteiger charge is -2.28. The number of phenolic OH excluding ortho intramolecular Hbond substituents is 1. The molecule has 0 heterocycles. The molecule has 5 nitrogen and oxygen atoms in total. The van der Waals surface area contributed by atoms with Gasteiger partial charge in [-0.1, -0.05) is 30.2 Å². The largest absolute Gasteiger partial charge is 0.508 e. The number of terminal acetylenes is 1. The number of benzene rings is 2. The fourth-order valence-electron chi connectivity index (χ4n) is 2.63. The summed E-state index contributed by atoms with van der Waals surface area (Å²) in [5.74, 6) is 3.78. The van der Waals surface area contributed by atoms with Crippen LogP contribution in [-0.4, -0.2) is 41.6 Å². The van der Waals surface area contributed by atoms with Gasteiger partial charge in [-0.05, 0) is 50.1 Å². The average Bonchev–Trinajstić information content (AvgIpc) is 2.65. The molecule has 144 valence electrons. The Morgan fingerprint density at radius 2 is 1.70 bits per heavy atom. The number of β-amino-alcohol motifs (C(OH)–C–C–N with tert-alkyl or cyclic N) is 1. The molecule has 0 aliphatic heterocycles. The molecule has 0 saturated carbocycles. The molecule has 0 fully saturated rings. The zero-order chi connectivity index (χ0) is 19.7. The Balaban J connectivity index is 1.81. The van der Waals surface area contributed by atoms with Crippen LogP contribution >= 0.6 is 0 Å². The second kappa shape index (κ2) is 9.86. The summed E-state index contributed by atoms with van der Waals surface area (Å²) >= 11 is 0. The fourth-order valence-corrected chi connectivity index (χ4v) is 2.63. The number of para-hydroxylation sites is 2. The van der Waals surface area contributed by atoms with E-state index >= 15 is 0 Å². The Kier molecular flexibility index (Phi) is 7.54. The molecule has 0 spiro atoms. The lowest BCUT2D eigenvalue weighted by Crippen LogP contribution is -2.46. The van der Waals surface area contributed by atoms with E-state index in [1.165, 1.54) is 0 Å². The van der Waals surface area contributed by atoms with Crippen molar-refractivity contribution in [3.05, 3.63) is 54.1 Å². The minimum atomic E-state index is -0.676. The number of hydrogen-bond donors (Lipinski definition) is 3. The van der Waals surface area contributed by atoms with Gasteiger partial charge in [-0.2, -0.15) is 0 Å². The highest BCUT2D eigenvalue weighted by atomic mass is 16.5. The van der Waals surface area contributed by atoms with Gasteiger partial charge in [0.05, 0.1) is 0 Å². The summed E-state index contributed by atoms with van der Waals surface area (Å²) in [5.41, 5.74) is 0.891. The van der Waals surface area contributed by atoms with Gasteiger partial charge in [-0.15, -0.1) is 6.42 Å². The third-order valence-corrected chi connectivity index (χ3v) is 3.99. The number of rotatable bonds is 10. The van der Waals surface area contributed by atoms with Crippen LogP contribution in [-0.2, 0) is 6.42 Å². The molecule has 2 aromatic carbocycles. The van der Waals surface area contributed by atoms with Crippen molar-refractivity contribution in [1.29, 1.82) is 0 Å². The number of ether oxygens (including phenoxy) is 2. The lowest BCUT2D eigenvalue weighted by atomic mass is 9.94. The van der Waals surface area contributed by atoms with Crippen LogP contribution in [0.25, 0.3) is 0 Å². The van der Waals surface area contributed by atoms with Crippen molar-refractivity contribution >= 4 is 0 Å². The SMILES string of the molecule is C#CCOc1ccccc1OCC(O)CNC(C)(C)Cc1ccc(O)cc1. The van der Waals surface area contributed by atoms with Gasteiger partial charge in [0, 0.05) is 12.1 Å². The molecule has 0 saturated heterocycles. The van der Waals surface area contributed by atoms with Crippen LogP contribution in [0.2, 0.25) is 0 Å². The molecule has 0 bridgehead atoms. The van der Waals surface area contributed by atoms with Gasteiger partial charge < -0.3 is 25.0 Å². The van der Waals surface area contributed by atoms with E-state index < -0.39 is 6.10 Å². The van der Waals surface area contributed by atoms with E-state index in [9.17, 15) is 10.2 Å². The monoisotopic (exact) mass is 369 g/mol. The Morgan fingerprint density at radius 3 is 2.33 bits per heavy atom. The molecular formula is C22H27NO4. The van der Waals surface area contributed by atoms with E-state index in [1.807, 2.05) is 24.3 Å². The molecular weight excluding hydrogens is 342 g/mol. The van der Waals surface area contributed by atoms with E-state index in [1.54, 1.807) is 24.3 Å². The Hall–Kier alpha value is -2.68. The van der Waals surface area contributed by atoms with E-state index in [4.69, 9.17) is 15.9 Å². The number of aliphatic hydroxyl groups is 1. The quantitative estimate of drug-likeness (QED) is 0.562. The number of hydrogen-bond acceptors (Lipinski definition) is 5. The third kappa shape index (κ3) is 7.22. The number of nitrogens with one attached hydrogen (secondary N) is 1. The first-order chi connectivity index (χ1) is 12.9. The van der Waals surface area contributed by atoms with Crippen LogP contribution in [0.15, 0.2) is 48.5 Å². The van der Waals surface area contributed by atoms with Gasteiger partial charge >= 0.3 is 0 Å². The van der Waals surface area contributed by atoms with Gasteiger partial charge in [0.2, 0.25) is 0 Å². The van der Waals surface area contributed by atoms with Gasteiger partial charge in [-0.3, -0.25) is 0 Å². The van der Waals surface area contributed by atoms with Crippen LogP contribution < -0.4 is 14.8 Å². The predicted molar refractivity (Wildman–Crippen MR) is 106 cm³/mol. The van der Waals surface area contributed by atoms with Crippen molar-refractivity contribution in [3.8, 4) is 29.6 Å². The maximum atomic E-state index is 10.2. The highest BCUT2D eigenvalue weighted by Crippen LogP contribution is 2.26. The van der Waals surface area contributed by atoms with Crippen LogP contribution in [0.4, 0.5) is 0 Å². The van der Waals surface area contributed by atoms with E-state index in [0.29, 0.717) is 18.0 Å². The van der Waals surface area contributed by atoms with Crippen LogP contribution in [0.3, 0.4) is 0 Å². The van der Waals surface area contributed by atoms with Crippen molar-refractivity contribution in [1.82, 2.24) is 5.32 Å². The Bertz CT molecular complexity index is 750. The van der Waals surface area contributed by atoms with E-state index in [-0.39, 0.29) is 24.5 Å². The lowest BCUT2D eigenvalue weighted by molar-refractivity contribution is 0.0970. The van der Waals surface area contributed by atoms with Crippen molar-refractivity contribution < 1.29 is 19.7 Å². The summed E-state index contributed by atoms with van der Waals surface area (Å²) in [6.07, 6.45) is 5.31. The highest BCUT2D eigenvalue weighted by molar-refractivity contribution is 5.39. The summed E-state index contributed by atoms with van der Waals surface area (Å²) in [6, 6.07) is 14.4. The van der Waals surface area contributed by atoms with Crippen LogP contribution in [0, 0.1) is 12.3 Å². The molecule has 3 N–H and O–H groups in total. The summed E-state index contributed by atoms with van der Waals surface area (Å²) in [7, 11) is 0. The fraction of sp³-hybridized carbons (Fsp3) is 0.364. The third-order valence-electron chi connectivity index (χ3n) is 3.99. The average molecular weight is 369 g/mol. The summed E-state index contributed by atoms with van der Waals surface area (Å²) < 4.78 is 11.1. The molecule has 0 aliphatic rings. The van der Waals surface area contributed by atoms with Crippen molar-refractivity contribution in [2.75, 3.05) is 19.8 Å². The van der Waals surface area contributed by atoms with Crippen molar-refractivity contribution in [2.24, 2.45) is 0 Å². The molecule has 0 aliphatic carbocycles. The van der Waals surface area contributed by atoms with Crippen molar-refractivity contribution in [3.63, 3.8) is 0 Å². The summed E-state index contributed by atoms with van der Waals surface area (Å²) in [6.45, 7) is 4.82. The second-order valence-corrected chi connectivity index (χ2v) is 7.01. The zero-order valence-electron chi connectivity index (χ0n) is 15.8. The minimum Gasteiger partial charge on any atom is -0.508 e. The van der Waals surface area contributed by atoms with Gasteiger partial charge in [0.25, 0.3) is 0 Å². The molecule has 0 amide bonds. The second-order valence-electron chi connectivity index (χ2n) is 7.01. The van der Waals surface area contributed by atoms with Gasteiger partial charge in [0.1, 0.15) is 25.1 Å². The molecule has 27 heavy (non-hydrogen) atoms. The first-order valence-corrected chi connectivity index (χ1v) is 8.89. The minimum absolute atomic E-state index is 0.138. The molecule has 0 radical (unpaired) electrons. The first kappa shape index (κ1) is 20.6. The predicted octanol–water partition coefficient (Wildman–Crippen LogP) is 2.75. The van der Waals surface area contributed by atoms with Crippen LogP contribution in [0.5, 0.6) is 17.2 Å². The Labute approximate surface area is 161 Å². The summed E-state index contributed by atoms with van der Waals surface area (Å²) in [4.78, 5) is 0. The molecule has 2 aromatic rings. The summed E-state index contributed by atoms with van der Waals surface area (Å²) in [5, 5.41) is 23.0. The number of aromatic hydroxyl groups is 1. The standard InChI is InChI=1S/C22H27NO4/c1-4-13-26-20-7-5-6-8-21(20)27-16-19(25)15-23-22(2,3)14-17-9-11-18(24)12-10-17/h1,5-12,19,23-25H,13-16H2,2-3H3. The number of phenols is 1. The molecule has 0 aromatic heterocycles. The molecule has 1 atom stereocenters. The smallest absolute Gasteiger partial charge is 0.162 e. The maximum absolute atomic E-state index is 10.2. The van der Waals surface area contributed by atoms with Gasteiger partial charge in [0.15, 0.2) is 11.5 Å². The normalized spacial score (nSPS) is 12.2. The number of aliphatic hydroxyl groups excluding tert-OH is 1. The molecule has 5 heteroatoms. The van der Waals surface area contributed by atoms with Crippen LogP contribution in [0.1, 0.15) is 19.4 Å². The van der Waals surface area contributed by atoms with Crippen molar-refractivity contribution in [2.45, 2.75) is 31.9 Å². The highest BCUT2D eigenvalue weighted by Gasteiger charge is 2.19. The molecule has 2 rings (SSSR count). The van der Waals surface area contributed by atoms with E-state index in [2.05, 4.69) is 25.1 Å². The van der Waals surface area contributed by atoms with Gasteiger partial charge in [-0.25, -0.2) is 0 Å². The first-order valence-electron chi connectivity index (χ1n) is 8.89. The molecule has 1 unspecified atom stereocenters. The zero-order valence-corrected chi connectivity index (χ0v) is 15.8.